The van der Waals surface area contributed by atoms with Crippen LogP contribution >= 0.6 is 0 Å². The number of ether oxygens (including phenoxy) is 1. The first kappa shape index (κ1) is 11.8. The summed E-state index contributed by atoms with van der Waals surface area (Å²) in [4.78, 5) is 4.47. The number of aliphatic imine (C=N–C) groups is 1. The van der Waals surface area contributed by atoms with Crippen LogP contribution in [0.3, 0.4) is 0 Å². The van der Waals surface area contributed by atoms with Gasteiger partial charge in [0.25, 0.3) is 0 Å². The van der Waals surface area contributed by atoms with E-state index in [9.17, 15) is 0 Å². The zero-order valence-electron chi connectivity index (χ0n) is 9.57. The molecule has 1 aromatic rings. The molecule has 0 N–H and O–H groups in total. The van der Waals surface area contributed by atoms with Crippen LogP contribution in [0.4, 0.5) is 0 Å². The van der Waals surface area contributed by atoms with Crippen molar-refractivity contribution in [3.05, 3.63) is 35.9 Å². The lowest BCUT2D eigenvalue weighted by Crippen LogP contribution is -2.07. The number of rotatable bonds is 5. The van der Waals surface area contributed by atoms with Crippen molar-refractivity contribution >= 4 is 5.90 Å². The van der Waals surface area contributed by atoms with Gasteiger partial charge in [0, 0.05) is 12.1 Å². The van der Waals surface area contributed by atoms with E-state index in [1.54, 1.807) is 0 Å². The van der Waals surface area contributed by atoms with Gasteiger partial charge in [-0.15, -0.1) is 0 Å². The van der Waals surface area contributed by atoms with Crippen LogP contribution in [-0.4, -0.2) is 19.0 Å². The fourth-order valence-corrected chi connectivity index (χ4v) is 1.28. The van der Waals surface area contributed by atoms with Gasteiger partial charge >= 0.3 is 0 Å². The molecule has 2 heteroatoms. The third-order valence-electron chi connectivity index (χ3n) is 2.07. The molecule has 0 aliphatic heterocycles. The molecule has 0 saturated heterocycles. The van der Waals surface area contributed by atoms with Crippen LogP contribution in [0.15, 0.2) is 35.3 Å². The zero-order valence-corrected chi connectivity index (χ0v) is 9.57. The predicted molar refractivity (Wildman–Crippen MR) is 64.4 cm³/mol. The minimum Gasteiger partial charge on any atom is -0.478 e. The molecule has 0 aromatic heterocycles. The van der Waals surface area contributed by atoms with Crippen LogP contribution in [0.1, 0.15) is 32.3 Å². The minimum absolute atomic E-state index is 0.667. The van der Waals surface area contributed by atoms with Gasteiger partial charge in [0.1, 0.15) is 0 Å². The van der Waals surface area contributed by atoms with Crippen LogP contribution in [0.25, 0.3) is 0 Å². The molecular formula is C13H19NO. The van der Waals surface area contributed by atoms with E-state index in [0.717, 1.165) is 30.8 Å². The van der Waals surface area contributed by atoms with Gasteiger partial charge < -0.3 is 4.74 Å². The van der Waals surface area contributed by atoms with E-state index in [0.29, 0.717) is 6.61 Å². The molecule has 0 heterocycles. The third kappa shape index (κ3) is 4.15. The van der Waals surface area contributed by atoms with Crippen molar-refractivity contribution in [2.24, 2.45) is 4.99 Å². The van der Waals surface area contributed by atoms with Crippen LogP contribution in [0, 0.1) is 0 Å². The summed E-state index contributed by atoms with van der Waals surface area (Å²) in [7, 11) is 0. The zero-order chi connectivity index (χ0) is 10.9. The third-order valence-corrected chi connectivity index (χ3v) is 2.07. The van der Waals surface area contributed by atoms with Gasteiger partial charge in [-0.2, -0.15) is 0 Å². The highest BCUT2D eigenvalue weighted by molar-refractivity contribution is 5.94. The summed E-state index contributed by atoms with van der Waals surface area (Å²) in [6.45, 7) is 5.66. The molecule has 0 radical (unpaired) electrons. The average molecular weight is 205 g/mol. The molecular weight excluding hydrogens is 186 g/mol. The van der Waals surface area contributed by atoms with Crippen LogP contribution in [0.2, 0.25) is 0 Å². The standard InChI is InChI=1S/C13H19NO/c1-3-5-11-14-13(15-4-2)12-9-7-6-8-10-12/h6-10H,3-5,11H2,1-2H3. The van der Waals surface area contributed by atoms with Crippen molar-refractivity contribution in [3.63, 3.8) is 0 Å². The maximum atomic E-state index is 5.52. The summed E-state index contributed by atoms with van der Waals surface area (Å²) in [5.74, 6) is 0.770. The molecule has 0 fully saturated rings. The molecule has 0 amide bonds. The van der Waals surface area contributed by atoms with E-state index >= 15 is 0 Å². The fraction of sp³-hybridized carbons (Fsp3) is 0.462. The molecule has 0 aliphatic rings. The summed E-state index contributed by atoms with van der Waals surface area (Å²) in [5, 5.41) is 0. The lowest BCUT2D eigenvalue weighted by Gasteiger charge is -2.07. The Labute approximate surface area is 92.0 Å². The second-order valence-corrected chi connectivity index (χ2v) is 3.34. The molecule has 0 aliphatic carbocycles. The van der Waals surface area contributed by atoms with Gasteiger partial charge in [-0.05, 0) is 25.5 Å². The van der Waals surface area contributed by atoms with E-state index < -0.39 is 0 Å². The number of nitrogens with zero attached hydrogens (tertiary/aromatic N) is 1. The largest absolute Gasteiger partial charge is 0.478 e. The van der Waals surface area contributed by atoms with Gasteiger partial charge in [-0.25, -0.2) is 0 Å². The molecule has 0 spiro atoms. The maximum Gasteiger partial charge on any atom is 0.216 e. The Balaban J connectivity index is 2.69. The smallest absolute Gasteiger partial charge is 0.216 e. The van der Waals surface area contributed by atoms with Crippen molar-refractivity contribution in [2.75, 3.05) is 13.2 Å². The molecule has 1 rings (SSSR count). The summed E-state index contributed by atoms with van der Waals surface area (Å²) in [6.07, 6.45) is 2.28. The van der Waals surface area contributed by atoms with E-state index in [-0.39, 0.29) is 0 Å². The van der Waals surface area contributed by atoms with Gasteiger partial charge in [0.05, 0.1) is 6.61 Å². The lowest BCUT2D eigenvalue weighted by molar-refractivity contribution is 0.327. The highest BCUT2D eigenvalue weighted by atomic mass is 16.5. The molecule has 0 unspecified atom stereocenters. The molecule has 0 saturated carbocycles. The summed E-state index contributed by atoms with van der Waals surface area (Å²) >= 11 is 0. The molecule has 82 valence electrons. The number of unbranched alkanes of at least 4 members (excludes halogenated alkanes) is 1. The van der Waals surface area contributed by atoms with Gasteiger partial charge in [0.15, 0.2) is 0 Å². The Hall–Kier alpha value is -1.31. The lowest BCUT2D eigenvalue weighted by atomic mass is 10.2. The maximum absolute atomic E-state index is 5.52. The van der Waals surface area contributed by atoms with E-state index in [1.165, 1.54) is 0 Å². The second-order valence-electron chi connectivity index (χ2n) is 3.34. The van der Waals surface area contributed by atoms with Crippen LogP contribution in [0.5, 0.6) is 0 Å². The van der Waals surface area contributed by atoms with Crippen molar-refractivity contribution in [3.8, 4) is 0 Å². The second kappa shape index (κ2) is 7.04. The summed E-state index contributed by atoms with van der Waals surface area (Å²) in [6, 6.07) is 10.1. The van der Waals surface area contributed by atoms with E-state index in [1.807, 2.05) is 37.3 Å². The van der Waals surface area contributed by atoms with E-state index in [4.69, 9.17) is 4.74 Å². The van der Waals surface area contributed by atoms with Gasteiger partial charge in [0.2, 0.25) is 5.90 Å². The van der Waals surface area contributed by atoms with Crippen molar-refractivity contribution < 1.29 is 4.74 Å². The van der Waals surface area contributed by atoms with Crippen LogP contribution < -0.4 is 0 Å². The number of hydrogen-bond donors (Lipinski definition) is 0. The Bertz CT molecular complexity index is 293. The van der Waals surface area contributed by atoms with Crippen molar-refractivity contribution in [1.82, 2.24) is 0 Å². The van der Waals surface area contributed by atoms with Gasteiger partial charge in [-0.3, -0.25) is 4.99 Å². The molecule has 0 bridgehead atoms. The van der Waals surface area contributed by atoms with Crippen molar-refractivity contribution in [1.29, 1.82) is 0 Å². The molecule has 2 nitrogen and oxygen atoms in total. The summed E-state index contributed by atoms with van der Waals surface area (Å²) < 4.78 is 5.52. The molecule has 0 atom stereocenters. The summed E-state index contributed by atoms with van der Waals surface area (Å²) in [5.41, 5.74) is 1.07. The van der Waals surface area contributed by atoms with Gasteiger partial charge in [-0.1, -0.05) is 31.5 Å². The first-order chi connectivity index (χ1) is 7.38. The minimum atomic E-state index is 0.667. The Morgan fingerprint density at radius 2 is 1.93 bits per heavy atom. The highest BCUT2D eigenvalue weighted by Gasteiger charge is 2.01. The Morgan fingerprint density at radius 3 is 2.53 bits per heavy atom. The molecule has 15 heavy (non-hydrogen) atoms. The first-order valence-electron chi connectivity index (χ1n) is 5.61. The number of hydrogen-bond acceptors (Lipinski definition) is 2. The predicted octanol–water partition coefficient (Wildman–Crippen LogP) is 3.27. The Kier molecular flexibility index (Phi) is 5.52. The number of benzene rings is 1. The Morgan fingerprint density at radius 1 is 1.20 bits per heavy atom. The fourth-order valence-electron chi connectivity index (χ4n) is 1.28. The van der Waals surface area contributed by atoms with E-state index in [2.05, 4.69) is 11.9 Å². The van der Waals surface area contributed by atoms with Crippen LogP contribution in [-0.2, 0) is 4.74 Å². The van der Waals surface area contributed by atoms with Crippen molar-refractivity contribution in [2.45, 2.75) is 26.7 Å². The monoisotopic (exact) mass is 205 g/mol. The average Bonchev–Trinajstić information content (AvgIpc) is 2.29. The molecule has 1 aromatic carbocycles. The highest BCUT2D eigenvalue weighted by Crippen LogP contribution is 2.03. The quantitative estimate of drug-likeness (QED) is 0.411. The first-order valence-corrected chi connectivity index (χ1v) is 5.61. The SMILES string of the molecule is CCCCN=C(OCC)c1ccccc1. The topological polar surface area (TPSA) is 21.6 Å². The normalized spacial score (nSPS) is 11.5.